The summed E-state index contributed by atoms with van der Waals surface area (Å²) in [6.07, 6.45) is 1.35. The fourth-order valence-corrected chi connectivity index (χ4v) is 1.62. The van der Waals surface area contributed by atoms with Gasteiger partial charge in [0.25, 0.3) is 0 Å². The van der Waals surface area contributed by atoms with E-state index in [2.05, 4.69) is 15.0 Å². The van der Waals surface area contributed by atoms with Crippen LogP contribution in [0.25, 0.3) is 0 Å². The van der Waals surface area contributed by atoms with E-state index < -0.39 is 5.97 Å². The molecule has 1 rings (SSSR count). The molecule has 0 saturated heterocycles. The minimum atomic E-state index is -1.10. The van der Waals surface area contributed by atoms with E-state index in [1.807, 2.05) is 0 Å². The van der Waals surface area contributed by atoms with Crippen molar-refractivity contribution in [2.24, 2.45) is 0 Å². The predicted octanol–water partition coefficient (Wildman–Crippen LogP) is -0.118. The summed E-state index contributed by atoms with van der Waals surface area (Å²) in [5.74, 6) is -0.475. The number of aryl methyl sites for hydroxylation is 1. The van der Waals surface area contributed by atoms with Gasteiger partial charge < -0.3 is 9.84 Å². The third kappa shape index (κ3) is 3.89. The van der Waals surface area contributed by atoms with E-state index >= 15 is 0 Å². The molecule has 0 unspecified atom stereocenters. The van der Waals surface area contributed by atoms with Gasteiger partial charge in [0.05, 0.1) is 25.6 Å². The molecule has 0 atom stereocenters. The second kappa shape index (κ2) is 6.11. The minimum absolute atomic E-state index is 0.0852. The highest BCUT2D eigenvalue weighted by atomic mass is 32.2. The summed E-state index contributed by atoms with van der Waals surface area (Å²) in [6.45, 7) is 0.502. The Morgan fingerprint density at radius 3 is 2.94 bits per heavy atom. The second-order valence-electron chi connectivity index (χ2n) is 2.80. The number of hydrogen-bond acceptors (Lipinski definition) is 6. The van der Waals surface area contributed by atoms with Crippen molar-refractivity contribution in [2.75, 3.05) is 18.6 Å². The first-order valence-corrected chi connectivity index (χ1v) is 5.57. The number of carbonyl (C=O) groups excluding carboxylic acids is 1. The molecule has 0 amide bonds. The van der Waals surface area contributed by atoms with Crippen LogP contribution in [0.3, 0.4) is 0 Å². The van der Waals surface area contributed by atoms with Crippen LogP contribution < -0.4 is 0 Å². The number of methoxy groups -OCH3 is 1. The topological polar surface area (TPSA) is 94.3 Å². The van der Waals surface area contributed by atoms with Gasteiger partial charge in [-0.05, 0) is 0 Å². The molecule has 1 aromatic rings. The summed E-state index contributed by atoms with van der Waals surface area (Å²) in [5.41, 5.74) is -0.0852. The van der Waals surface area contributed by atoms with E-state index in [0.717, 1.165) is 0 Å². The summed E-state index contributed by atoms with van der Waals surface area (Å²) in [6, 6.07) is 0. The van der Waals surface area contributed by atoms with Crippen molar-refractivity contribution in [3.05, 3.63) is 11.9 Å². The summed E-state index contributed by atoms with van der Waals surface area (Å²) in [4.78, 5) is 21.3. The Morgan fingerprint density at radius 2 is 2.38 bits per heavy atom. The Hall–Kier alpha value is -1.57. The number of aromatic nitrogens is 3. The third-order valence-corrected chi connectivity index (χ3v) is 2.58. The Bertz CT molecular complexity index is 379. The molecular weight excluding hydrogens is 234 g/mol. The number of esters is 1. The lowest BCUT2D eigenvalue weighted by Crippen LogP contribution is -2.07. The normalized spacial score (nSPS) is 10.1. The molecule has 0 aliphatic carbocycles. The quantitative estimate of drug-likeness (QED) is 0.551. The van der Waals surface area contributed by atoms with Gasteiger partial charge in [-0.15, -0.1) is 16.9 Å². The van der Waals surface area contributed by atoms with Gasteiger partial charge in [0.15, 0.2) is 5.69 Å². The SMILES string of the molecule is COC(=O)CSCCn1cc(C(=O)O)nn1. The van der Waals surface area contributed by atoms with Gasteiger partial charge in [-0.25, -0.2) is 4.79 Å². The van der Waals surface area contributed by atoms with Crippen LogP contribution in [0.4, 0.5) is 0 Å². The van der Waals surface area contributed by atoms with Crippen LogP contribution in [-0.4, -0.2) is 50.7 Å². The lowest BCUT2D eigenvalue weighted by atomic mass is 10.5. The number of carboxylic acid groups (broad SMARTS) is 1. The van der Waals surface area contributed by atoms with Crippen molar-refractivity contribution in [3.63, 3.8) is 0 Å². The zero-order chi connectivity index (χ0) is 12.0. The highest BCUT2D eigenvalue weighted by Gasteiger charge is 2.07. The number of carbonyl (C=O) groups is 2. The molecule has 1 N–H and O–H groups in total. The van der Waals surface area contributed by atoms with Gasteiger partial charge in [0.1, 0.15) is 0 Å². The molecule has 8 heteroatoms. The number of rotatable bonds is 6. The Labute approximate surface area is 95.8 Å². The average Bonchev–Trinajstić information content (AvgIpc) is 2.72. The van der Waals surface area contributed by atoms with E-state index in [1.165, 1.54) is 29.8 Å². The Kier molecular flexibility index (Phi) is 4.77. The standard InChI is InChI=1S/C8H11N3O4S/c1-15-7(12)5-16-3-2-11-4-6(8(13)14)9-10-11/h4H,2-3,5H2,1H3,(H,13,14). The first-order chi connectivity index (χ1) is 7.63. The van der Waals surface area contributed by atoms with Crippen molar-refractivity contribution in [1.82, 2.24) is 15.0 Å². The second-order valence-corrected chi connectivity index (χ2v) is 3.91. The molecular formula is C8H11N3O4S. The monoisotopic (exact) mass is 245 g/mol. The molecule has 7 nitrogen and oxygen atoms in total. The van der Waals surface area contributed by atoms with E-state index in [0.29, 0.717) is 12.3 Å². The molecule has 0 saturated carbocycles. The van der Waals surface area contributed by atoms with Gasteiger partial charge in [-0.3, -0.25) is 9.48 Å². The molecule has 0 aromatic carbocycles. The maximum atomic E-state index is 10.8. The molecule has 0 spiro atoms. The van der Waals surface area contributed by atoms with Crippen molar-refractivity contribution in [3.8, 4) is 0 Å². The summed E-state index contributed by atoms with van der Waals surface area (Å²) < 4.78 is 5.89. The van der Waals surface area contributed by atoms with Crippen molar-refractivity contribution < 1.29 is 19.4 Å². The molecule has 0 aliphatic rings. The first-order valence-electron chi connectivity index (χ1n) is 4.41. The molecule has 0 radical (unpaired) electrons. The van der Waals surface area contributed by atoms with Crippen LogP contribution in [0.5, 0.6) is 0 Å². The van der Waals surface area contributed by atoms with Crippen LogP contribution in [-0.2, 0) is 16.1 Å². The number of aromatic carboxylic acids is 1. The average molecular weight is 245 g/mol. The fraction of sp³-hybridized carbons (Fsp3) is 0.500. The fourth-order valence-electron chi connectivity index (χ4n) is 0.878. The smallest absolute Gasteiger partial charge is 0.358 e. The van der Waals surface area contributed by atoms with Crippen molar-refractivity contribution in [1.29, 1.82) is 0 Å². The van der Waals surface area contributed by atoms with Crippen LogP contribution in [0.2, 0.25) is 0 Å². The van der Waals surface area contributed by atoms with Crippen LogP contribution in [0.1, 0.15) is 10.5 Å². The highest BCUT2D eigenvalue weighted by molar-refractivity contribution is 7.99. The largest absolute Gasteiger partial charge is 0.476 e. The molecule has 0 aliphatic heterocycles. The number of carboxylic acids is 1. The molecule has 88 valence electrons. The molecule has 16 heavy (non-hydrogen) atoms. The van der Waals surface area contributed by atoms with Gasteiger partial charge in [-0.2, -0.15) is 0 Å². The zero-order valence-corrected chi connectivity index (χ0v) is 9.44. The highest BCUT2D eigenvalue weighted by Crippen LogP contribution is 2.02. The van der Waals surface area contributed by atoms with Gasteiger partial charge in [0.2, 0.25) is 0 Å². The lowest BCUT2D eigenvalue weighted by Gasteiger charge is -1.99. The number of hydrogen-bond donors (Lipinski definition) is 1. The van der Waals surface area contributed by atoms with E-state index in [4.69, 9.17) is 5.11 Å². The van der Waals surface area contributed by atoms with Crippen LogP contribution >= 0.6 is 11.8 Å². The predicted molar refractivity (Wildman–Crippen MR) is 56.3 cm³/mol. The van der Waals surface area contributed by atoms with Gasteiger partial charge in [-0.1, -0.05) is 5.21 Å². The molecule has 0 fully saturated rings. The maximum Gasteiger partial charge on any atom is 0.358 e. The van der Waals surface area contributed by atoms with Crippen LogP contribution in [0, 0.1) is 0 Å². The van der Waals surface area contributed by atoms with E-state index in [9.17, 15) is 9.59 Å². The Morgan fingerprint density at radius 1 is 1.62 bits per heavy atom. The van der Waals surface area contributed by atoms with Crippen molar-refractivity contribution >= 4 is 23.7 Å². The van der Waals surface area contributed by atoms with Gasteiger partial charge in [0, 0.05) is 5.75 Å². The van der Waals surface area contributed by atoms with Crippen LogP contribution in [0.15, 0.2) is 6.20 Å². The Balaban J connectivity index is 2.27. The number of nitrogens with zero attached hydrogens (tertiary/aromatic N) is 3. The molecule has 1 aromatic heterocycles. The van der Waals surface area contributed by atoms with E-state index in [-0.39, 0.29) is 17.4 Å². The maximum absolute atomic E-state index is 10.8. The van der Waals surface area contributed by atoms with Crippen molar-refractivity contribution in [2.45, 2.75) is 6.54 Å². The molecule has 0 bridgehead atoms. The molecule has 1 heterocycles. The summed E-state index contributed by atoms with van der Waals surface area (Å²) in [7, 11) is 1.33. The minimum Gasteiger partial charge on any atom is -0.476 e. The zero-order valence-electron chi connectivity index (χ0n) is 8.62. The summed E-state index contributed by atoms with van der Waals surface area (Å²) in [5, 5.41) is 15.7. The summed E-state index contributed by atoms with van der Waals surface area (Å²) >= 11 is 1.39. The third-order valence-electron chi connectivity index (χ3n) is 1.67. The van der Waals surface area contributed by atoms with E-state index in [1.54, 1.807) is 0 Å². The number of thioether (sulfide) groups is 1. The van der Waals surface area contributed by atoms with Gasteiger partial charge >= 0.3 is 11.9 Å². The number of ether oxygens (including phenoxy) is 1. The lowest BCUT2D eigenvalue weighted by molar-refractivity contribution is -0.137. The first kappa shape index (κ1) is 12.5.